The predicted octanol–water partition coefficient (Wildman–Crippen LogP) is 3.49. The van der Waals surface area contributed by atoms with Crippen LogP contribution < -0.4 is 5.32 Å². The molecule has 0 radical (unpaired) electrons. The third kappa shape index (κ3) is 3.77. The van der Waals surface area contributed by atoms with Crippen LogP contribution in [0.25, 0.3) is 0 Å². The number of hydrogen-bond acceptors (Lipinski definition) is 4. The number of anilines is 1. The Morgan fingerprint density at radius 3 is 2.47 bits per heavy atom. The van der Waals surface area contributed by atoms with E-state index in [0.717, 1.165) is 4.88 Å². The van der Waals surface area contributed by atoms with Crippen LogP contribution in [0.5, 0.6) is 0 Å². The minimum absolute atomic E-state index is 0.0111. The molecule has 0 saturated heterocycles. The van der Waals surface area contributed by atoms with Crippen LogP contribution in [-0.2, 0) is 11.2 Å². The van der Waals surface area contributed by atoms with Crippen molar-refractivity contribution in [3.63, 3.8) is 0 Å². The minimum Gasteiger partial charge on any atom is -0.326 e. The second-order valence-corrected chi connectivity index (χ2v) is 5.53. The molecule has 7 heteroatoms. The molecular weight excluding hydrogens is 288 g/mol. The summed E-state index contributed by atoms with van der Waals surface area (Å²) in [6, 6.07) is 9.22. The number of rotatable bonds is 4. The molecule has 0 aliphatic rings. The molecule has 0 unspecified atom stereocenters. The fourth-order valence-corrected chi connectivity index (χ4v) is 2.56. The van der Waals surface area contributed by atoms with Crippen LogP contribution >= 0.6 is 22.9 Å². The smallest absolute Gasteiger partial charge is 0.269 e. The lowest BCUT2D eigenvalue weighted by atomic mass is 10.2. The molecule has 19 heavy (non-hydrogen) atoms. The Balaban J connectivity index is 1.97. The average molecular weight is 297 g/mol. The molecule has 1 aromatic carbocycles. The molecule has 0 atom stereocenters. The number of hydrogen-bond donors (Lipinski definition) is 1. The second kappa shape index (κ2) is 5.81. The van der Waals surface area contributed by atoms with Crippen molar-refractivity contribution in [3.05, 3.63) is 55.7 Å². The van der Waals surface area contributed by atoms with Crippen molar-refractivity contribution >= 4 is 40.2 Å². The summed E-state index contributed by atoms with van der Waals surface area (Å²) in [4.78, 5) is 22.6. The van der Waals surface area contributed by atoms with Gasteiger partial charge >= 0.3 is 0 Å². The van der Waals surface area contributed by atoms with Gasteiger partial charge in [0, 0.05) is 22.7 Å². The van der Waals surface area contributed by atoms with Gasteiger partial charge in [0.2, 0.25) is 5.91 Å². The Kier molecular flexibility index (Phi) is 4.13. The summed E-state index contributed by atoms with van der Waals surface area (Å²) in [5.74, 6) is -0.188. The van der Waals surface area contributed by atoms with Crippen molar-refractivity contribution in [2.24, 2.45) is 0 Å². The van der Waals surface area contributed by atoms with Crippen LogP contribution in [0.3, 0.4) is 0 Å². The first kappa shape index (κ1) is 13.5. The van der Waals surface area contributed by atoms with E-state index in [9.17, 15) is 14.9 Å². The summed E-state index contributed by atoms with van der Waals surface area (Å²) < 4.78 is 0.637. The maximum absolute atomic E-state index is 11.7. The molecule has 0 saturated carbocycles. The SMILES string of the molecule is O=C(Cc1ccc(Cl)s1)Nc1ccc([N+](=O)[O-])cc1. The molecule has 2 rings (SSSR count). The van der Waals surface area contributed by atoms with E-state index in [2.05, 4.69) is 5.32 Å². The summed E-state index contributed by atoms with van der Waals surface area (Å²) in [6.07, 6.45) is 0.231. The number of thiophene rings is 1. The Bertz CT molecular complexity index is 610. The normalized spacial score (nSPS) is 10.2. The Labute approximate surface area is 118 Å². The summed E-state index contributed by atoms with van der Waals surface area (Å²) in [5.41, 5.74) is 0.515. The van der Waals surface area contributed by atoms with Crippen LogP contribution in [0.15, 0.2) is 36.4 Å². The van der Waals surface area contributed by atoms with Crippen LogP contribution in [0.1, 0.15) is 4.88 Å². The number of non-ortho nitro benzene ring substituents is 1. The number of benzene rings is 1. The summed E-state index contributed by atoms with van der Waals surface area (Å²) in [7, 11) is 0. The number of nitrogens with zero attached hydrogens (tertiary/aromatic N) is 1. The van der Waals surface area contributed by atoms with E-state index >= 15 is 0 Å². The number of carbonyl (C=O) groups excluding carboxylic acids is 1. The second-order valence-electron chi connectivity index (χ2n) is 3.73. The van der Waals surface area contributed by atoms with Crippen molar-refractivity contribution in [3.8, 4) is 0 Å². The van der Waals surface area contributed by atoms with Crippen LogP contribution in [0.4, 0.5) is 11.4 Å². The predicted molar refractivity (Wildman–Crippen MR) is 74.8 cm³/mol. The number of halogens is 1. The highest BCUT2D eigenvalue weighted by molar-refractivity contribution is 7.16. The zero-order valence-electron chi connectivity index (χ0n) is 9.63. The third-order valence-corrected chi connectivity index (χ3v) is 3.56. The molecule has 98 valence electrons. The number of amides is 1. The maximum atomic E-state index is 11.7. The zero-order valence-corrected chi connectivity index (χ0v) is 11.2. The average Bonchev–Trinajstić information content (AvgIpc) is 2.75. The van der Waals surface area contributed by atoms with Crippen molar-refractivity contribution < 1.29 is 9.72 Å². The highest BCUT2D eigenvalue weighted by Crippen LogP contribution is 2.22. The molecule has 0 bridgehead atoms. The third-order valence-electron chi connectivity index (χ3n) is 2.33. The monoisotopic (exact) mass is 296 g/mol. The van der Waals surface area contributed by atoms with Gasteiger partial charge in [-0.2, -0.15) is 0 Å². The summed E-state index contributed by atoms with van der Waals surface area (Å²) in [5, 5.41) is 13.2. The highest BCUT2D eigenvalue weighted by Gasteiger charge is 2.08. The number of nitro groups is 1. The summed E-state index contributed by atoms with van der Waals surface area (Å²) >= 11 is 7.12. The lowest BCUT2D eigenvalue weighted by molar-refractivity contribution is -0.384. The fraction of sp³-hybridized carbons (Fsp3) is 0.0833. The largest absolute Gasteiger partial charge is 0.326 e. The van der Waals surface area contributed by atoms with Gasteiger partial charge in [0.1, 0.15) is 0 Å². The van der Waals surface area contributed by atoms with E-state index in [1.807, 2.05) is 0 Å². The Hall–Kier alpha value is -1.92. The van der Waals surface area contributed by atoms with Crippen molar-refractivity contribution in [2.75, 3.05) is 5.32 Å². The number of nitro benzene ring substituents is 1. The van der Waals surface area contributed by atoms with Gasteiger partial charge in [-0.1, -0.05) is 11.6 Å². The van der Waals surface area contributed by atoms with Crippen LogP contribution in [0, 0.1) is 10.1 Å². The molecule has 1 amide bonds. The van der Waals surface area contributed by atoms with E-state index < -0.39 is 4.92 Å². The quantitative estimate of drug-likeness (QED) is 0.693. The fourth-order valence-electron chi connectivity index (χ4n) is 1.48. The zero-order chi connectivity index (χ0) is 13.8. The lowest BCUT2D eigenvalue weighted by Gasteiger charge is -2.03. The molecule has 0 spiro atoms. The van der Waals surface area contributed by atoms with E-state index in [1.54, 1.807) is 12.1 Å². The minimum atomic E-state index is -0.487. The first-order chi connectivity index (χ1) is 9.04. The van der Waals surface area contributed by atoms with Gasteiger partial charge in [0.15, 0.2) is 0 Å². The molecular formula is C12H9ClN2O3S. The van der Waals surface area contributed by atoms with E-state index in [-0.39, 0.29) is 18.0 Å². The van der Waals surface area contributed by atoms with Gasteiger partial charge in [-0.15, -0.1) is 11.3 Å². The Morgan fingerprint density at radius 1 is 1.26 bits per heavy atom. The van der Waals surface area contributed by atoms with Crippen molar-refractivity contribution in [1.29, 1.82) is 0 Å². The van der Waals surface area contributed by atoms with Gasteiger partial charge < -0.3 is 5.32 Å². The van der Waals surface area contributed by atoms with Gasteiger partial charge in [-0.25, -0.2) is 0 Å². The summed E-state index contributed by atoms with van der Waals surface area (Å²) in [6.45, 7) is 0. The maximum Gasteiger partial charge on any atom is 0.269 e. The molecule has 1 heterocycles. The van der Waals surface area contributed by atoms with Crippen LogP contribution in [0.2, 0.25) is 4.34 Å². The molecule has 2 aromatic rings. The van der Waals surface area contributed by atoms with Gasteiger partial charge in [-0.3, -0.25) is 14.9 Å². The number of nitrogens with one attached hydrogen (secondary N) is 1. The van der Waals surface area contributed by atoms with Gasteiger partial charge in [0.25, 0.3) is 5.69 Å². The van der Waals surface area contributed by atoms with Crippen molar-refractivity contribution in [1.82, 2.24) is 0 Å². The molecule has 1 N–H and O–H groups in total. The molecule has 0 fully saturated rings. The first-order valence-corrected chi connectivity index (χ1v) is 6.52. The molecule has 1 aromatic heterocycles. The molecule has 5 nitrogen and oxygen atoms in total. The first-order valence-electron chi connectivity index (χ1n) is 5.33. The van der Waals surface area contributed by atoms with E-state index in [0.29, 0.717) is 10.0 Å². The standard InChI is InChI=1S/C12H9ClN2O3S/c13-11-6-5-10(19-11)7-12(16)14-8-1-3-9(4-2-8)15(17)18/h1-6H,7H2,(H,14,16). The number of carbonyl (C=O) groups is 1. The molecule has 0 aliphatic carbocycles. The molecule has 0 aliphatic heterocycles. The van der Waals surface area contributed by atoms with Crippen LogP contribution in [-0.4, -0.2) is 10.8 Å². The van der Waals surface area contributed by atoms with Gasteiger partial charge in [-0.05, 0) is 24.3 Å². The van der Waals surface area contributed by atoms with Crippen molar-refractivity contribution in [2.45, 2.75) is 6.42 Å². The van der Waals surface area contributed by atoms with E-state index in [4.69, 9.17) is 11.6 Å². The Morgan fingerprint density at radius 2 is 1.95 bits per heavy atom. The van der Waals surface area contributed by atoms with E-state index in [1.165, 1.54) is 35.6 Å². The van der Waals surface area contributed by atoms with Gasteiger partial charge in [0.05, 0.1) is 15.7 Å². The lowest BCUT2D eigenvalue weighted by Crippen LogP contribution is -2.13. The topological polar surface area (TPSA) is 72.2 Å². The highest BCUT2D eigenvalue weighted by atomic mass is 35.5.